The number of aliphatic hydroxyl groups is 2. The molecule has 0 saturated heterocycles. The maximum Gasteiger partial charge on any atom is 0.254 e. The molecule has 1 amide bonds. The Kier molecular flexibility index (Phi) is 6.37. The topological polar surface area (TPSA) is 112 Å². The number of nitrogens with one attached hydrogen (secondary N) is 1. The van der Waals surface area contributed by atoms with Gasteiger partial charge in [-0.05, 0) is 18.1 Å². The third-order valence-electron chi connectivity index (χ3n) is 2.86. The molecule has 7 nitrogen and oxygen atoms in total. The second kappa shape index (κ2) is 7.78. The maximum atomic E-state index is 12.4. The third-order valence-corrected chi connectivity index (χ3v) is 2.86. The molecule has 1 aromatic heterocycles. The van der Waals surface area contributed by atoms with E-state index in [2.05, 4.69) is 10.4 Å². The highest BCUT2D eigenvalue weighted by atomic mass is 16.3. The van der Waals surface area contributed by atoms with Gasteiger partial charge in [-0.3, -0.25) is 4.79 Å². The molecule has 0 aliphatic heterocycles. The summed E-state index contributed by atoms with van der Waals surface area (Å²) in [6.45, 7) is 3.96. The van der Waals surface area contributed by atoms with Crippen molar-refractivity contribution < 1.29 is 15.0 Å². The van der Waals surface area contributed by atoms with Gasteiger partial charge in [-0.15, -0.1) is 0 Å². The second-order valence-electron chi connectivity index (χ2n) is 4.70. The van der Waals surface area contributed by atoms with Crippen LogP contribution in [-0.4, -0.2) is 52.3 Å². The van der Waals surface area contributed by atoms with Crippen LogP contribution in [0.4, 0.5) is 5.82 Å². The third kappa shape index (κ3) is 4.16. The van der Waals surface area contributed by atoms with Gasteiger partial charge in [-0.2, -0.15) is 0 Å². The van der Waals surface area contributed by atoms with Crippen LogP contribution in [0.5, 0.6) is 0 Å². The number of rotatable bonds is 7. The van der Waals surface area contributed by atoms with E-state index in [0.29, 0.717) is 11.4 Å². The molecule has 112 valence electrons. The van der Waals surface area contributed by atoms with Gasteiger partial charge >= 0.3 is 0 Å². The Morgan fingerprint density at radius 2 is 1.95 bits per heavy atom. The smallest absolute Gasteiger partial charge is 0.254 e. The van der Waals surface area contributed by atoms with Gasteiger partial charge in [0.05, 0.1) is 13.2 Å². The van der Waals surface area contributed by atoms with E-state index < -0.39 is 0 Å². The van der Waals surface area contributed by atoms with E-state index in [1.165, 1.54) is 4.90 Å². The number of carbonyl (C=O) groups is 1. The molecule has 7 heteroatoms. The van der Waals surface area contributed by atoms with Crippen LogP contribution < -0.4 is 11.3 Å². The maximum absolute atomic E-state index is 12.4. The van der Waals surface area contributed by atoms with Crippen molar-refractivity contribution in [3.8, 4) is 0 Å². The summed E-state index contributed by atoms with van der Waals surface area (Å²) in [6.07, 6.45) is 0. The summed E-state index contributed by atoms with van der Waals surface area (Å²) in [7, 11) is 0. The number of aliphatic hydroxyl groups excluding tert-OH is 2. The quantitative estimate of drug-likeness (QED) is 0.411. The van der Waals surface area contributed by atoms with E-state index >= 15 is 0 Å². The first kappa shape index (κ1) is 16.4. The molecule has 0 aliphatic carbocycles. The molecular formula is C13H22N4O3. The number of hydrogen-bond acceptors (Lipinski definition) is 6. The Balaban J connectivity index is 3.09. The van der Waals surface area contributed by atoms with Crippen molar-refractivity contribution in [2.75, 3.05) is 31.7 Å². The van der Waals surface area contributed by atoms with Crippen LogP contribution in [0.1, 0.15) is 35.8 Å². The van der Waals surface area contributed by atoms with E-state index in [-0.39, 0.29) is 38.1 Å². The zero-order valence-electron chi connectivity index (χ0n) is 11.8. The molecule has 0 atom stereocenters. The minimum absolute atomic E-state index is 0.152. The molecule has 0 aromatic carbocycles. The van der Waals surface area contributed by atoms with Crippen LogP contribution in [0.2, 0.25) is 0 Å². The summed E-state index contributed by atoms with van der Waals surface area (Å²) in [4.78, 5) is 18.0. The molecule has 5 N–H and O–H groups in total. The van der Waals surface area contributed by atoms with Crippen molar-refractivity contribution in [1.29, 1.82) is 0 Å². The number of nitrogens with two attached hydrogens (primary N) is 1. The summed E-state index contributed by atoms with van der Waals surface area (Å²) in [5.74, 6) is 5.66. The molecular weight excluding hydrogens is 260 g/mol. The molecule has 0 unspecified atom stereocenters. The van der Waals surface area contributed by atoms with Crippen LogP contribution >= 0.6 is 0 Å². The Bertz CT molecular complexity index is 445. The normalized spacial score (nSPS) is 10.7. The van der Waals surface area contributed by atoms with E-state index in [0.717, 1.165) is 5.69 Å². The lowest BCUT2D eigenvalue weighted by Gasteiger charge is -2.21. The molecule has 0 fully saturated rings. The van der Waals surface area contributed by atoms with Crippen LogP contribution in [0.25, 0.3) is 0 Å². The Morgan fingerprint density at radius 3 is 2.40 bits per heavy atom. The van der Waals surface area contributed by atoms with Gasteiger partial charge in [0.25, 0.3) is 5.91 Å². The SMILES string of the molecule is CC(C)c1cc(C(=O)N(CCO)CCO)cc(NN)n1. The van der Waals surface area contributed by atoms with Gasteiger partial charge in [0.1, 0.15) is 5.82 Å². The Morgan fingerprint density at radius 1 is 1.35 bits per heavy atom. The van der Waals surface area contributed by atoms with Crippen LogP contribution in [0.3, 0.4) is 0 Å². The summed E-state index contributed by atoms with van der Waals surface area (Å²) >= 11 is 0. The number of hydrogen-bond donors (Lipinski definition) is 4. The van der Waals surface area contributed by atoms with Crippen LogP contribution in [-0.2, 0) is 0 Å². The summed E-state index contributed by atoms with van der Waals surface area (Å²) in [5, 5.41) is 18.0. The fourth-order valence-electron chi connectivity index (χ4n) is 1.78. The molecule has 0 aliphatic rings. The second-order valence-corrected chi connectivity index (χ2v) is 4.70. The minimum atomic E-state index is -0.270. The lowest BCUT2D eigenvalue weighted by Crippen LogP contribution is -2.36. The largest absolute Gasteiger partial charge is 0.395 e. The average molecular weight is 282 g/mol. The first-order valence-corrected chi connectivity index (χ1v) is 6.53. The first-order valence-electron chi connectivity index (χ1n) is 6.53. The summed E-state index contributed by atoms with van der Waals surface area (Å²) < 4.78 is 0. The zero-order chi connectivity index (χ0) is 15.1. The predicted molar refractivity (Wildman–Crippen MR) is 76.2 cm³/mol. The lowest BCUT2D eigenvalue weighted by atomic mass is 10.1. The minimum Gasteiger partial charge on any atom is -0.395 e. The molecule has 1 heterocycles. The number of nitrogen functional groups attached to an aromatic ring is 1. The molecule has 20 heavy (non-hydrogen) atoms. The molecule has 1 rings (SSSR count). The van der Waals surface area contributed by atoms with Gasteiger partial charge < -0.3 is 20.5 Å². The number of anilines is 1. The van der Waals surface area contributed by atoms with Crippen molar-refractivity contribution >= 4 is 11.7 Å². The summed E-state index contributed by atoms with van der Waals surface area (Å²) in [6, 6.07) is 3.26. The first-order chi connectivity index (χ1) is 9.53. The van der Waals surface area contributed by atoms with Crippen molar-refractivity contribution in [3.63, 3.8) is 0 Å². The predicted octanol–water partition coefficient (Wildman–Crippen LogP) is -0.0826. The zero-order valence-corrected chi connectivity index (χ0v) is 11.8. The molecule has 0 radical (unpaired) electrons. The highest BCUT2D eigenvalue weighted by Crippen LogP contribution is 2.18. The molecule has 0 saturated carbocycles. The number of pyridine rings is 1. The van der Waals surface area contributed by atoms with Crippen LogP contribution in [0.15, 0.2) is 12.1 Å². The number of nitrogens with zero attached hydrogens (tertiary/aromatic N) is 2. The highest BCUT2D eigenvalue weighted by molar-refractivity contribution is 5.95. The van der Waals surface area contributed by atoms with Crippen molar-refractivity contribution in [2.24, 2.45) is 5.84 Å². The van der Waals surface area contributed by atoms with E-state index in [9.17, 15) is 4.79 Å². The van der Waals surface area contributed by atoms with Gasteiger partial charge in [0.15, 0.2) is 0 Å². The van der Waals surface area contributed by atoms with E-state index in [4.69, 9.17) is 16.1 Å². The standard InChI is InChI=1S/C13H22N4O3/c1-9(2)11-7-10(8-12(15-11)16-14)13(20)17(3-5-18)4-6-19/h7-9,18-19H,3-6,14H2,1-2H3,(H,15,16). The number of amides is 1. The summed E-state index contributed by atoms with van der Waals surface area (Å²) in [5.41, 5.74) is 3.62. The van der Waals surface area contributed by atoms with Gasteiger partial charge in [0, 0.05) is 24.3 Å². The Labute approximate surface area is 118 Å². The fourth-order valence-corrected chi connectivity index (χ4v) is 1.78. The Hall–Kier alpha value is -1.70. The van der Waals surface area contributed by atoms with Crippen molar-refractivity contribution in [2.45, 2.75) is 19.8 Å². The average Bonchev–Trinajstić information content (AvgIpc) is 2.45. The van der Waals surface area contributed by atoms with Crippen LogP contribution in [0, 0.1) is 0 Å². The van der Waals surface area contributed by atoms with E-state index in [1.807, 2.05) is 13.8 Å². The fraction of sp³-hybridized carbons (Fsp3) is 0.538. The monoisotopic (exact) mass is 282 g/mol. The van der Waals surface area contributed by atoms with Crippen molar-refractivity contribution in [3.05, 3.63) is 23.4 Å². The van der Waals surface area contributed by atoms with Crippen molar-refractivity contribution in [1.82, 2.24) is 9.88 Å². The van der Waals surface area contributed by atoms with Gasteiger partial charge in [-0.1, -0.05) is 13.8 Å². The number of hydrazine groups is 1. The van der Waals surface area contributed by atoms with Gasteiger partial charge in [-0.25, -0.2) is 10.8 Å². The molecule has 0 bridgehead atoms. The molecule has 0 spiro atoms. The van der Waals surface area contributed by atoms with E-state index in [1.54, 1.807) is 12.1 Å². The molecule has 1 aromatic rings. The van der Waals surface area contributed by atoms with Gasteiger partial charge in [0.2, 0.25) is 0 Å². The number of aromatic nitrogens is 1. The lowest BCUT2D eigenvalue weighted by molar-refractivity contribution is 0.0684. The number of carbonyl (C=O) groups excluding carboxylic acids is 1. The highest BCUT2D eigenvalue weighted by Gasteiger charge is 2.17.